The molecule has 3 aromatic heterocycles. The van der Waals surface area contributed by atoms with Gasteiger partial charge in [-0.25, -0.2) is 9.78 Å². The highest BCUT2D eigenvalue weighted by Gasteiger charge is 2.20. The first-order valence-corrected chi connectivity index (χ1v) is 10.2. The van der Waals surface area contributed by atoms with Gasteiger partial charge < -0.3 is 4.74 Å². The van der Waals surface area contributed by atoms with E-state index in [-0.39, 0.29) is 18.0 Å². The number of thiazole rings is 1. The molecule has 28 heavy (non-hydrogen) atoms. The van der Waals surface area contributed by atoms with Gasteiger partial charge in [0.05, 0.1) is 21.8 Å². The van der Waals surface area contributed by atoms with Crippen molar-refractivity contribution in [1.82, 2.24) is 9.97 Å². The molecule has 0 spiro atoms. The van der Waals surface area contributed by atoms with Crippen LogP contribution in [0, 0.1) is 0 Å². The lowest BCUT2D eigenvalue weighted by molar-refractivity contribution is 0.0466. The van der Waals surface area contributed by atoms with Crippen LogP contribution >= 0.6 is 22.7 Å². The van der Waals surface area contributed by atoms with Crippen LogP contribution in [0.5, 0.6) is 0 Å². The Morgan fingerprint density at radius 2 is 1.75 bits per heavy atom. The maximum absolute atomic E-state index is 12.7. The summed E-state index contributed by atoms with van der Waals surface area (Å²) in [5.74, 6) is -0.735. The second-order valence-corrected chi connectivity index (χ2v) is 7.59. The fraction of sp³-hybridized carbons (Fsp3) is 0.0476. The van der Waals surface area contributed by atoms with Crippen LogP contribution in [0.15, 0.2) is 71.6 Å². The summed E-state index contributed by atoms with van der Waals surface area (Å²) in [5, 5.41) is 4.43. The van der Waals surface area contributed by atoms with Crippen molar-refractivity contribution in [3.05, 3.63) is 93.3 Å². The van der Waals surface area contributed by atoms with Gasteiger partial charge in [-0.3, -0.25) is 9.78 Å². The van der Waals surface area contributed by atoms with Crippen molar-refractivity contribution in [2.75, 3.05) is 0 Å². The van der Waals surface area contributed by atoms with E-state index >= 15 is 0 Å². The maximum atomic E-state index is 12.7. The summed E-state index contributed by atoms with van der Waals surface area (Å²) in [6, 6.07) is 15.8. The van der Waals surface area contributed by atoms with E-state index < -0.39 is 5.97 Å². The molecule has 0 radical (unpaired) electrons. The van der Waals surface area contributed by atoms with E-state index in [1.54, 1.807) is 42.6 Å². The number of esters is 1. The van der Waals surface area contributed by atoms with E-state index in [1.165, 1.54) is 22.7 Å². The van der Waals surface area contributed by atoms with Crippen LogP contribution in [-0.2, 0) is 11.3 Å². The Kier molecular flexibility index (Phi) is 5.36. The predicted octanol–water partition coefficient (Wildman–Crippen LogP) is 4.85. The average molecular weight is 406 g/mol. The summed E-state index contributed by atoms with van der Waals surface area (Å²) in [4.78, 5) is 34.5. The fourth-order valence-electron chi connectivity index (χ4n) is 2.60. The monoisotopic (exact) mass is 406 g/mol. The van der Waals surface area contributed by atoms with Crippen LogP contribution in [0.1, 0.15) is 31.3 Å². The minimum absolute atomic E-state index is 0.0314. The van der Waals surface area contributed by atoms with Crippen molar-refractivity contribution in [2.45, 2.75) is 6.61 Å². The van der Waals surface area contributed by atoms with Crippen LogP contribution in [0.3, 0.4) is 0 Å². The molecule has 0 atom stereocenters. The molecule has 0 aliphatic heterocycles. The quantitative estimate of drug-likeness (QED) is 0.338. The lowest BCUT2D eigenvalue weighted by Crippen LogP contribution is -2.12. The number of carbonyl (C=O) groups excluding carboxylic acids is 2. The van der Waals surface area contributed by atoms with E-state index in [4.69, 9.17) is 4.74 Å². The molecule has 0 aliphatic rings. The Morgan fingerprint density at radius 3 is 2.50 bits per heavy atom. The third-order valence-corrected chi connectivity index (χ3v) is 5.71. The average Bonchev–Trinajstić information content (AvgIpc) is 3.44. The highest BCUT2D eigenvalue weighted by molar-refractivity contribution is 7.13. The van der Waals surface area contributed by atoms with Crippen LogP contribution in [0.4, 0.5) is 0 Å². The van der Waals surface area contributed by atoms with Crippen molar-refractivity contribution < 1.29 is 14.3 Å². The standard InChI is InChI=1S/C21H14N2O3S2/c24-19(18-9-5-11-27-18)15-6-1-2-7-16(15)21(25)26-12-14-13-28-20(23-14)17-8-3-4-10-22-17/h1-11,13H,12H2. The number of hydrogen-bond acceptors (Lipinski definition) is 7. The molecule has 5 nitrogen and oxygen atoms in total. The van der Waals surface area contributed by atoms with Crippen LogP contribution in [0.25, 0.3) is 10.7 Å². The Balaban J connectivity index is 1.48. The zero-order chi connectivity index (χ0) is 19.3. The van der Waals surface area contributed by atoms with E-state index in [1.807, 2.05) is 29.0 Å². The number of hydrogen-bond donors (Lipinski definition) is 0. The zero-order valence-electron chi connectivity index (χ0n) is 14.6. The number of pyridine rings is 1. The number of aromatic nitrogens is 2. The van der Waals surface area contributed by atoms with E-state index in [9.17, 15) is 9.59 Å². The van der Waals surface area contributed by atoms with Gasteiger partial charge in [-0.2, -0.15) is 0 Å². The van der Waals surface area contributed by atoms with Gasteiger partial charge in [-0.05, 0) is 29.6 Å². The number of nitrogens with zero attached hydrogens (tertiary/aromatic N) is 2. The third-order valence-electron chi connectivity index (χ3n) is 3.92. The first-order valence-electron chi connectivity index (χ1n) is 8.42. The first kappa shape index (κ1) is 18.2. The van der Waals surface area contributed by atoms with E-state index in [0.717, 1.165) is 10.7 Å². The number of rotatable bonds is 6. The van der Waals surface area contributed by atoms with E-state index in [0.29, 0.717) is 16.1 Å². The normalized spacial score (nSPS) is 10.6. The molecule has 0 saturated carbocycles. The largest absolute Gasteiger partial charge is 0.456 e. The predicted molar refractivity (Wildman–Crippen MR) is 109 cm³/mol. The number of ketones is 1. The van der Waals surface area contributed by atoms with Crippen molar-refractivity contribution in [3.8, 4) is 10.7 Å². The first-order chi connectivity index (χ1) is 13.7. The Morgan fingerprint density at radius 1 is 0.929 bits per heavy atom. The topological polar surface area (TPSA) is 69.2 Å². The summed E-state index contributed by atoms with van der Waals surface area (Å²) >= 11 is 2.78. The zero-order valence-corrected chi connectivity index (χ0v) is 16.2. The number of benzene rings is 1. The summed E-state index contributed by atoms with van der Waals surface area (Å²) in [6.45, 7) is 0.0314. The van der Waals surface area contributed by atoms with Gasteiger partial charge in [0.25, 0.3) is 0 Å². The molecular formula is C21H14N2O3S2. The molecule has 0 unspecified atom stereocenters. The molecular weight excluding hydrogens is 392 g/mol. The molecule has 0 fully saturated rings. The van der Waals surface area contributed by atoms with Gasteiger partial charge in [0.15, 0.2) is 0 Å². The molecule has 4 rings (SSSR count). The minimum Gasteiger partial charge on any atom is -0.456 e. The van der Waals surface area contributed by atoms with Crippen molar-refractivity contribution in [3.63, 3.8) is 0 Å². The maximum Gasteiger partial charge on any atom is 0.339 e. The molecule has 4 aromatic rings. The molecule has 0 bridgehead atoms. The van der Waals surface area contributed by atoms with Crippen LogP contribution in [0.2, 0.25) is 0 Å². The molecule has 7 heteroatoms. The highest BCUT2D eigenvalue weighted by Crippen LogP contribution is 2.23. The van der Waals surface area contributed by atoms with Gasteiger partial charge in [-0.1, -0.05) is 30.3 Å². The Hall–Kier alpha value is -3.16. The molecule has 0 aliphatic carbocycles. The molecule has 0 N–H and O–H groups in total. The van der Waals surface area contributed by atoms with Crippen LogP contribution < -0.4 is 0 Å². The minimum atomic E-state index is -0.548. The summed E-state index contributed by atoms with van der Waals surface area (Å²) in [6.07, 6.45) is 1.71. The van der Waals surface area contributed by atoms with Gasteiger partial charge >= 0.3 is 5.97 Å². The lowest BCUT2D eigenvalue weighted by atomic mass is 10.0. The SMILES string of the molecule is O=C(OCc1csc(-c2ccccn2)n1)c1ccccc1C(=O)c1cccs1. The molecule has 0 saturated heterocycles. The van der Waals surface area contributed by atoms with Crippen LogP contribution in [-0.4, -0.2) is 21.7 Å². The van der Waals surface area contributed by atoms with Crippen molar-refractivity contribution >= 4 is 34.4 Å². The second-order valence-electron chi connectivity index (χ2n) is 5.79. The molecule has 0 amide bonds. The van der Waals surface area contributed by atoms with Gasteiger partial charge in [0.1, 0.15) is 11.6 Å². The second kappa shape index (κ2) is 8.24. The Labute approximate surface area is 169 Å². The lowest BCUT2D eigenvalue weighted by Gasteiger charge is -2.07. The van der Waals surface area contributed by atoms with Gasteiger partial charge in [0.2, 0.25) is 5.78 Å². The Bertz CT molecular complexity index is 1110. The van der Waals surface area contributed by atoms with E-state index in [2.05, 4.69) is 9.97 Å². The highest BCUT2D eigenvalue weighted by atomic mass is 32.1. The van der Waals surface area contributed by atoms with Crippen molar-refractivity contribution in [1.29, 1.82) is 0 Å². The smallest absolute Gasteiger partial charge is 0.339 e. The third kappa shape index (κ3) is 3.90. The fourth-order valence-corrected chi connectivity index (χ4v) is 4.05. The number of ether oxygens (including phenoxy) is 1. The number of carbonyl (C=O) groups is 2. The summed E-state index contributed by atoms with van der Waals surface area (Å²) in [5.41, 5.74) is 2.00. The molecule has 138 valence electrons. The van der Waals surface area contributed by atoms with Crippen molar-refractivity contribution in [2.24, 2.45) is 0 Å². The van der Waals surface area contributed by atoms with Gasteiger partial charge in [-0.15, -0.1) is 22.7 Å². The van der Waals surface area contributed by atoms with Gasteiger partial charge in [0, 0.05) is 17.1 Å². The molecule has 1 aromatic carbocycles. The molecule has 3 heterocycles. The number of thiophene rings is 1. The summed E-state index contributed by atoms with van der Waals surface area (Å²) < 4.78 is 5.41. The summed E-state index contributed by atoms with van der Waals surface area (Å²) in [7, 11) is 0.